The van der Waals surface area contributed by atoms with Crippen molar-refractivity contribution in [3.8, 4) is 0 Å². The van der Waals surface area contributed by atoms with Crippen LogP contribution < -0.4 is 5.32 Å². The van der Waals surface area contributed by atoms with E-state index in [0.29, 0.717) is 6.04 Å². The van der Waals surface area contributed by atoms with Crippen LogP contribution >= 0.6 is 11.5 Å². The van der Waals surface area contributed by atoms with Gasteiger partial charge in [-0.25, -0.2) is 0 Å². The van der Waals surface area contributed by atoms with Crippen LogP contribution in [0, 0.1) is 0 Å². The van der Waals surface area contributed by atoms with Crippen LogP contribution in [-0.4, -0.2) is 28.3 Å². The van der Waals surface area contributed by atoms with Gasteiger partial charge in [0.25, 0.3) is 0 Å². The maximum absolute atomic E-state index is 5.38. The summed E-state index contributed by atoms with van der Waals surface area (Å²) in [7, 11) is 1.75. The predicted molar refractivity (Wildman–Crippen MR) is 61.9 cm³/mol. The Bertz CT molecular complexity index is 274. The quantitative estimate of drug-likeness (QED) is 0.808. The maximum Gasteiger partial charge on any atom is 0.0893 e. The maximum atomic E-state index is 5.38. The molecule has 4 nitrogen and oxygen atoms in total. The fraction of sp³-hybridized carbons (Fsp3) is 0.800. The normalized spacial score (nSPS) is 14.1. The molecule has 0 spiro atoms. The van der Waals surface area contributed by atoms with Gasteiger partial charge >= 0.3 is 0 Å². The highest BCUT2D eigenvalue weighted by atomic mass is 32.1. The van der Waals surface area contributed by atoms with Gasteiger partial charge in [-0.3, -0.25) is 0 Å². The number of hydrogen-bond donors (Lipinski definition) is 1. The molecular formula is C10H19N3OS. The molecular weight excluding hydrogens is 210 g/mol. The third-order valence-electron chi connectivity index (χ3n) is 2.39. The van der Waals surface area contributed by atoms with E-state index in [2.05, 4.69) is 35.7 Å². The molecule has 1 aromatic rings. The van der Waals surface area contributed by atoms with Gasteiger partial charge in [0, 0.05) is 25.1 Å². The number of rotatable bonds is 6. The Kier molecular flexibility index (Phi) is 4.63. The molecule has 15 heavy (non-hydrogen) atoms. The molecule has 1 heterocycles. The summed E-state index contributed by atoms with van der Waals surface area (Å²) in [5.74, 6) is 0. The van der Waals surface area contributed by atoms with Crippen LogP contribution in [0.5, 0.6) is 0 Å². The van der Waals surface area contributed by atoms with Gasteiger partial charge in [0.15, 0.2) is 0 Å². The highest BCUT2D eigenvalue weighted by molar-refractivity contribution is 7.03. The zero-order valence-corrected chi connectivity index (χ0v) is 10.6. The van der Waals surface area contributed by atoms with E-state index in [1.807, 2.05) is 5.38 Å². The molecule has 1 N–H and O–H groups in total. The van der Waals surface area contributed by atoms with Gasteiger partial charge in [0.05, 0.1) is 11.3 Å². The third kappa shape index (κ3) is 4.68. The average molecular weight is 229 g/mol. The van der Waals surface area contributed by atoms with E-state index < -0.39 is 0 Å². The lowest BCUT2D eigenvalue weighted by Gasteiger charge is -2.26. The molecule has 0 saturated heterocycles. The van der Waals surface area contributed by atoms with Crippen LogP contribution in [-0.2, 0) is 11.3 Å². The second kappa shape index (κ2) is 5.53. The van der Waals surface area contributed by atoms with Crippen LogP contribution in [0.1, 0.15) is 32.9 Å². The minimum absolute atomic E-state index is 0.0766. The zero-order valence-electron chi connectivity index (χ0n) is 9.78. The standard InChI is InChI=1S/C10H19N3OS/c1-8(5-10(2,3)14-4)11-6-9-7-15-13-12-9/h7-8,11H,5-6H2,1-4H3. The summed E-state index contributed by atoms with van der Waals surface area (Å²) in [6, 6.07) is 0.404. The smallest absolute Gasteiger partial charge is 0.0893 e. The van der Waals surface area contributed by atoms with Gasteiger partial charge in [-0.1, -0.05) is 4.49 Å². The second-order valence-corrected chi connectivity index (χ2v) is 4.96. The van der Waals surface area contributed by atoms with Crippen molar-refractivity contribution in [1.29, 1.82) is 0 Å². The second-order valence-electron chi connectivity index (χ2n) is 4.35. The Hall–Kier alpha value is -0.520. The van der Waals surface area contributed by atoms with E-state index in [9.17, 15) is 0 Å². The van der Waals surface area contributed by atoms with Crippen molar-refractivity contribution in [2.24, 2.45) is 0 Å². The lowest BCUT2D eigenvalue weighted by atomic mass is 10.00. The van der Waals surface area contributed by atoms with Crippen molar-refractivity contribution in [3.05, 3.63) is 11.1 Å². The molecule has 0 fully saturated rings. The van der Waals surface area contributed by atoms with Crippen LogP contribution in [0.15, 0.2) is 5.38 Å². The fourth-order valence-corrected chi connectivity index (χ4v) is 1.88. The molecule has 1 aromatic heterocycles. The van der Waals surface area contributed by atoms with Crippen molar-refractivity contribution >= 4 is 11.5 Å². The molecule has 0 aromatic carbocycles. The minimum Gasteiger partial charge on any atom is -0.379 e. The average Bonchev–Trinajstić information content (AvgIpc) is 2.66. The Labute approximate surface area is 95.2 Å². The fourth-order valence-electron chi connectivity index (χ4n) is 1.43. The van der Waals surface area contributed by atoms with Crippen LogP contribution in [0.25, 0.3) is 0 Å². The summed E-state index contributed by atoms with van der Waals surface area (Å²) in [4.78, 5) is 0. The van der Waals surface area contributed by atoms with E-state index >= 15 is 0 Å². The van der Waals surface area contributed by atoms with E-state index in [4.69, 9.17) is 4.74 Å². The monoisotopic (exact) mass is 229 g/mol. The van der Waals surface area contributed by atoms with Gasteiger partial charge in [-0.2, -0.15) is 0 Å². The lowest BCUT2D eigenvalue weighted by molar-refractivity contribution is 0.00842. The first-order valence-electron chi connectivity index (χ1n) is 5.08. The highest BCUT2D eigenvalue weighted by Gasteiger charge is 2.19. The number of nitrogens with zero attached hydrogens (tertiary/aromatic N) is 2. The number of hydrogen-bond acceptors (Lipinski definition) is 5. The SMILES string of the molecule is COC(C)(C)CC(C)NCc1csnn1. The summed E-state index contributed by atoms with van der Waals surface area (Å²) in [6.07, 6.45) is 0.973. The first kappa shape index (κ1) is 12.5. The van der Waals surface area contributed by atoms with E-state index in [-0.39, 0.29) is 5.60 Å². The van der Waals surface area contributed by atoms with Crippen molar-refractivity contribution in [2.45, 2.75) is 45.4 Å². The van der Waals surface area contributed by atoms with Gasteiger partial charge in [-0.05, 0) is 38.7 Å². The summed E-state index contributed by atoms with van der Waals surface area (Å²) < 4.78 is 9.20. The highest BCUT2D eigenvalue weighted by Crippen LogP contribution is 2.15. The molecule has 0 aliphatic carbocycles. The van der Waals surface area contributed by atoms with Crippen molar-refractivity contribution in [1.82, 2.24) is 14.9 Å². The molecule has 1 rings (SSSR count). The number of aromatic nitrogens is 2. The Morgan fingerprint density at radius 3 is 2.87 bits per heavy atom. The minimum atomic E-state index is -0.0766. The first-order chi connectivity index (χ1) is 7.03. The van der Waals surface area contributed by atoms with E-state index in [1.54, 1.807) is 7.11 Å². The van der Waals surface area contributed by atoms with Crippen LogP contribution in [0.3, 0.4) is 0 Å². The molecule has 0 aliphatic heterocycles. The largest absolute Gasteiger partial charge is 0.379 e. The molecule has 0 bridgehead atoms. The molecule has 86 valence electrons. The number of ether oxygens (including phenoxy) is 1. The number of nitrogens with one attached hydrogen (secondary N) is 1. The van der Waals surface area contributed by atoms with Crippen LogP contribution in [0.2, 0.25) is 0 Å². The first-order valence-corrected chi connectivity index (χ1v) is 5.91. The zero-order chi connectivity index (χ0) is 11.3. The topological polar surface area (TPSA) is 47.0 Å². The Morgan fingerprint density at radius 2 is 2.33 bits per heavy atom. The van der Waals surface area contributed by atoms with Gasteiger partial charge in [0.2, 0.25) is 0 Å². The molecule has 0 aliphatic rings. The van der Waals surface area contributed by atoms with Crippen molar-refractivity contribution in [2.75, 3.05) is 7.11 Å². The predicted octanol–water partition coefficient (Wildman–Crippen LogP) is 1.83. The van der Waals surface area contributed by atoms with E-state index in [1.165, 1.54) is 11.5 Å². The number of methoxy groups -OCH3 is 1. The van der Waals surface area contributed by atoms with Crippen molar-refractivity contribution in [3.63, 3.8) is 0 Å². The van der Waals surface area contributed by atoms with Gasteiger partial charge in [-0.15, -0.1) is 5.10 Å². The summed E-state index contributed by atoms with van der Waals surface area (Å²) in [6.45, 7) is 7.11. The molecule has 1 unspecified atom stereocenters. The van der Waals surface area contributed by atoms with E-state index in [0.717, 1.165) is 18.7 Å². The summed E-state index contributed by atoms with van der Waals surface area (Å²) >= 11 is 1.38. The van der Waals surface area contributed by atoms with Gasteiger partial charge in [0.1, 0.15) is 0 Å². The van der Waals surface area contributed by atoms with Crippen molar-refractivity contribution < 1.29 is 4.74 Å². The lowest BCUT2D eigenvalue weighted by Crippen LogP contribution is -2.35. The molecule has 1 atom stereocenters. The van der Waals surface area contributed by atoms with Gasteiger partial charge < -0.3 is 10.1 Å². The summed E-state index contributed by atoms with van der Waals surface area (Å²) in [5.41, 5.74) is 0.925. The van der Waals surface area contributed by atoms with Crippen LogP contribution in [0.4, 0.5) is 0 Å². The molecule has 5 heteroatoms. The molecule has 0 saturated carbocycles. The molecule has 0 radical (unpaired) electrons. The third-order valence-corrected chi connectivity index (χ3v) is 2.94. The summed E-state index contributed by atoms with van der Waals surface area (Å²) in [5, 5.41) is 9.34. The Morgan fingerprint density at radius 1 is 1.60 bits per heavy atom. The Balaban J connectivity index is 2.27. The molecule has 0 amide bonds.